The number of unbranched alkanes of at least 4 members (excludes halogenated alkanes) is 14. The van der Waals surface area contributed by atoms with E-state index in [1.54, 1.807) is 0 Å². The van der Waals surface area contributed by atoms with Crippen LogP contribution < -0.4 is 0 Å². The number of rotatable bonds is 33. The molecule has 1 rings (SSSR count). The molecule has 1 aliphatic heterocycles. The number of hydrogen-bond acceptors (Lipinski definition) is 10. The highest BCUT2D eigenvalue weighted by molar-refractivity contribution is 5.70. The highest BCUT2D eigenvalue weighted by Crippen LogP contribution is 2.22. The second kappa shape index (κ2) is 34.2. The summed E-state index contributed by atoms with van der Waals surface area (Å²) in [5.74, 6) is -0.841. The minimum atomic E-state index is -1.60. The molecule has 0 amide bonds. The number of esters is 2. The quantitative estimate of drug-likeness (QED) is 0.0294. The lowest BCUT2D eigenvalue weighted by Crippen LogP contribution is -2.59. The third-order valence-corrected chi connectivity index (χ3v) is 9.20. The van der Waals surface area contributed by atoms with E-state index in [4.69, 9.17) is 18.9 Å². The van der Waals surface area contributed by atoms with Crippen LogP contribution in [0.5, 0.6) is 0 Å². The summed E-state index contributed by atoms with van der Waals surface area (Å²) in [4.78, 5) is 25.2. The molecule has 53 heavy (non-hydrogen) atoms. The highest BCUT2D eigenvalue weighted by Gasteiger charge is 2.44. The van der Waals surface area contributed by atoms with E-state index in [1.165, 1.54) is 25.7 Å². The molecule has 306 valence electrons. The molecule has 0 spiro atoms. The van der Waals surface area contributed by atoms with E-state index in [0.717, 1.165) is 89.9 Å². The van der Waals surface area contributed by atoms with Gasteiger partial charge in [0, 0.05) is 12.8 Å². The van der Waals surface area contributed by atoms with Crippen molar-refractivity contribution < 1.29 is 49.0 Å². The molecule has 2 unspecified atom stereocenters. The molecule has 0 aromatic carbocycles. The highest BCUT2D eigenvalue weighted by atomic mass is 16.7. The maximum absolute atomic E-state index is 12.7. The summed E-state index contributed by atoms with van der Waals surface area (Å²) >= 11 is 0. The summed E-state index contributed by atoms with van der Waals surface area (Å²) in [5, 5.41) is 40.0. The summed E-state index contributed by atoms with van der Waals surface area (Å²) in [5.41, 5.74) is 0. The van der Waals surface area contributed by atoms with Crippen molar-refractivity contribution in [3.63, 3.8) is 0 Å². The maximum atomic E-state index is 12.7. The van der Waals surface area contributed by atoms with Crippen LogP contribution in [0.1, 0.15) is 155 Å². The fourth-order valence-corrected chi connectivity index (χ4v) is 5.90. The molecule has 1 heterocycles. The Kier molecular flexibility index (Phi) is 31.4. The van der Waals surface area contributed by atoms with Crippen molar-refractivity contribution in [2.75, 3.05) is 19.8 Å². The SMILES string of the molecule is CC/C=C/C/C=C/C/C=C/CCCCCCCC(=O)O[C@H](COC(=O)CCCCCCC/C=C/CCCCCC)CO[C@@H]1O[C@H](CO)[C@H](O)C(O)C1O. The van der Waals surface area contributed by atoms with Gasteiger partial charge in [-0.1, -0.05) is 120 Å². The summed E-state index contributed by atoms with van der Waals surface area (Å²) in [6.45, 7) is 3.25. The molecule has 10 heteroatoms. The molecule has 0 aromatic heterocycles. The van der Waals surface area contributed by atoms with E-state index in [2.05, 4.69) is 62.5 Å². The molecule has 6 atom stereocenters. The van der Waals surface area contributed by atoms with E-state index in [0.29, 0.717) is 12.8 Å². The first-order valence-corrected chi connectivity index (χ1v) is 20.7. The van der Waals surface area contributed by atoms with Crippen LogP contribution in [-0.4, -0.2) is 89.0 Å². The van der Waals surface area contributed by atoms with Gasteiger partial charge < -0.3 is 39.4 Å². The molecule has 10 nitrogen and oxygen atoms in total. The minimum Gasteiger partial charge on any atom is -0.462 e. The summed E-state index contributed by atoms with van der Waals surface area (Å²) in [7, 11) is 0. The first kappa shape index (κ1) is 48.7. The number of allylic oxidation sites excluding steroid dienone is 8. The molecule has 1 fully saturated rings. The Morgan fingerprint density at radius 2 is 1.11 bits per heavy atom. The van der Waals surface area contributed by atoms with E-state index in [9.17, 15) is 30.0 Å². The van der Waals surface area contributed by atoms with Crippen LogP contribution in [-0.2, 0) is 28.5 Å². The van der Waals surface area contributed by atoms with Gasteiger partial charge in [0.25, 0.3) is 0 Å². The van der Waals surface area contributed by atoms with Gasteiger partial charge in [-0.15, -0.1) is 0 Å². The number of aliphatic hydroxyl groups excluding tert-OH is 4. The van der Waals surface area contributed by atoms with E-state index >= 15 is 0 Å². The summed E-state index contributed by atoms with van der Waals surface area (Å²) < 4.78 is 22.1. The first-order valence-electron chi connectivity index (χ1n) is 20.7. The third kappa shape index (κ3) is 26.2. The van der Waals surface area contributed by atoms with Gasteiger partial charge in [-0.2, -0.15) is 0 Å². The second-order valence-electron chi connectivity index (χ2n) is 14.1. The van der Waals surface area contributed by atoms with Crippen molar-refractivity contribution in [2.24, 2.45) is 0 Å². The third-order valence-electron chi connectivity index (χ3n) is 9.20. The zero-order chi connectivity index (χ0) is 38.8. The molecular weight excluding hydrogens is 676 g/mol. The minimum absolute atomic E-state index is 0.207. The van der Waals surface area contributed by atoms with Crippen molar-refractivity contribution in [1.82, 2.24) is 0 Å². The number of carbonyl (C=O) groups is 2. The topological polar surface area (TPSA) is 152 Å². The average molecular weight is 751 g/mol. The van der Waals surface area contributed by atoms with Gasteiger partial charge in [-0.3, -0.25) is 9.59 Å². The number of ether oxygens (including phenoxy) is 4. The lowest BCUT2D eigenvalue weighted by molar-refractivity contribution is -0.305. The van der Waals surface area contributed by atoms with E-state index < -0.39 is 55.4 Å². The smallest absolute Gasteiger partial charge is 0.306 e. The van der Waals surface area contributed by atoms with Gasteiger partial charge in [0.1, 0.15) is 31.0 Å². The van der Waals surface area contributed by atoms with E-state index in [1.807, 2.05) is 0 Å². The monoisotopic (exact) mass is 751 g/mol. The van der Waals surface area contributed by atoms with E-state index in [-0.39, 0.29) is 26.1 Å². The summed E-state index contributed by atoms with van der Waals surface area (Å²) in [6, 6.07) is 0. The zero-order valence-electron chi connectivity index (χ0n) is 33.0. The van der Waals surface area contributed by atoms with Crippen molar-refractivity contribution in [3.8, 4) is 0 Å². The molecule has 4 N–H and O–H groups in total. The molecule has 0 saturated carbocycles. The van der Waals surface area contributed by atoms with Crippen LogP contribution >= 0.6 is 0 Å². The van der Waals surface area contributed by atoms with Crippen LogP contribution in [0.25, 0.3) is 0 Å². The van der Waals surface area contributed by atoms with Crippen molar-refractivity contribution in [3.05, 3.63) is 48.6 Å². The Bertz CT molecular complexity index is 1010. The summed E-state index contributed by atoms with van der Waals surface area (Å²) in [6.07, 6.45) is 31.2. The van der Waals surface area contributed by atoms with Crippen LogP contribution in [0, 0.1) is 0 Å². The Labute approximate surface area is 320 Å². The van der Waals surface area contributed by atoms with Crippen LogP contribution in [0.3, 0.4) is 0 Å². The zero-order valence-corrected chi connectivity index (χ0v) is 33.0. The first-order chi connectivity index (χ1) is 25.8. The average Bonchev–Trinajstić information content (AvgIpc) is 3.15. The van der Waals surface area contributed by atoms with Crippen LogP contribution in [0.4, 0.5) is 0 Å². The fraction of sp³-hybridized carbons (Fsp3) is 0.767. The molecule has 1 saturated heterocycles. The Morgan fingerprint density at radius 3 is 1.70 bits per heavy atom. The van der Waals surface area contributed by atoms with Crippen molar-refractivity contribution >= 4 is 11.9 Å². The van der Waals surface area contributed by atoms with Crippen LogP contribution in [0.2, 0.25) is 0 Å². The number of hydrogen-bond donors (Lipinski definition) is 4. The van der Waals surface area contributed by atoms with Gasteiger partial charge in [-0.05, 0) is 70.6 Å². The standard InChI is InChI=1S/C43H74O10/c1-3-5-7-9-11-13-15-17-18-20-22-24-26-28-30-32-39(46)52-36(35-51-43-42(49)41(48)40(47)37(33-44)53-43)34-50-38(45)31-29-27-25-23-21-19-16-14-12-10-8-6-4-2/h5,7,11,13-14,16-18,36-37,40-44,47-49H,3-4,6,8-10,12,15,19-35H2,1-2H3/b7-5+,13-11+,16-14+,18-17+/t36-,37-,40+,41?,42?,43-/m1/s1. The second-order valence-corrected chi connectivity index (χ2v) is 14.1. The molecule has 0 bridgehead atoms. The van der Waals surface area contributed by atoms with Gasteiger partial charge in [0.05, 0.1) is 13.2 Å². The lowest BCUT2D eigenvalue weighted by atomic mass is 9.99. The fourth-order valence-electron chi connectivity index (χ4n) is 5.90. The maximum Gasteiger partial charge on any atom is 0.306 e. The Balaban J connectivity index is 2.39. The van der Waals surface area contributed by atoms with Gasteiger partial charge >= 0.3 is 11.9 Å². The normalized spacial score (nSPS) is 21.4. The molecule has 1 aliphatic rings. The predicted molar refractivity (Wildman–Crippen MR) is 210 cm³/mol. The largest absolute Gasteiger partial charge is 0.462 e. The van der Waals surface area contributed by atoms with Gasteiger partial charge in [0.15, 0.2) is 12.4 Å². The molecular formula is C43H74O10. The Morgan fingerprint density at radius 1 is 0.604 bits per heavy atom. The van der Waals surface area contributed by atoms with Gasteiger partial charge in [-0.25, -0.2) is 0 Å². The number of carbonyl (C=O) groups excluding carboxylic acids is 2. The number of aliphatic hydroxyl groups is 4. The van der Waals surface area contributed by atoms with Crippen molar-refractivity contribution in [2.45, 2.75) is 192 Å². The molecule has 0 radical (unpaired) electrons. The van der Waals surface area contributed by atoms with Crippen LogP contribution in [0.15, 0.2) is 48.6 Å². The lowest BCUT2D eigenvalue weighted by Gasteiger charge is -2.39. The van der Waals surface area contributed by atoms with Crippen molar-refractivity contribution in [1.29, 1.82) is 0 Å². The van der Waals surface area contributed by atoms with Gasteiger partial charge in [0.2, 0.25) is 0 Å². The molecule has 0 aromatic rings. The predicted octanol–water partition coefficient (Wildman–Crippen LogP) is 8.10. The molecule has 0 aliphatic carbocycles. The Hall–Kier alpha value is -2.34.